The summed E-state index contributed by atoms with van der Waals surface area (Å²) in [7, 11) is -9.67. The fourth-order valence-corrected chi connectivity index (χ4v) is 4.72. The zero-order valence-corrected chi connectivity index (χ0v) is 21.8. The molecule has 3 heterocycles. The third-order valence-corrected chi connectivity index (χ3v) is 7.08. The number of aryl methyl sites for hydroxylation is 2. The van der Waals surface area contributed by atoms with E-state index in [-0.39, 0.29) is 17.1 Å². The zero-order valence-electron chi connectivity index (χ0n) is 20.2. The van der Waals surface area contributed by atoms with Crippen LogP contribution in [0.2, 0.25) is 0 Å². The molecular formula is C20H21N9O6S2. The number of nitrogens with one attached hydrogen (secondary N) is 1. The molecule has 0 aliphatic carbocycles. The van der Waals surface area contributed by atoms with Gasteiger partial charge in [0.1, 0.15) is 22.4 Å². The Kier molecular flexibility index (Phi) is 6.03. The molecule has 0 bridgehead atoms. The Morgan fingerprint density at radius 2 is 1.73 bits per heavy atom. The summed E-state index contributed by atoms with van der Waals surface area (Å²) in [5.41, 5.74) is 0.311. The van der Waals surface area contributed by atoms with E-state index in [1.807, 2.05) is 26.8 Å². The molecule has 15 nitrogen and oxygen atoms in total. The van der Waals surface area contributed by atoms with Crippen LogP contribution >= 0.6 is 0 Å². The predicted octanol–water partition coefficient (Wildman–Crippen LogP) is 2.94. The van der Waals surface area contributed by atoms with Crippen LogP contribution in [0.5, 0.6) is 0 Å². The minimum atomic E-state index is -4.90. The van der Waals surface area contributed by atoms with Crippen LogP contribution in [0.25, 0.3) is 11.3 Å². The molecule has 0 fully saturated rings. The number of nitrogens with zero attached hydrogens (tertiary/aromatic N) is 8. The van der Waals surface area contributed by atoms with Crippen molar-refractivity contribution in [1.29, 1.82) is 5.26 Å². The lowest BCUT2D eigenvalue weighted by Gasteiger charge is -2.15. The Balaban J connectivity index is 2.03. The van der Waals surface area contributed by atoms with Gasteiger partial charge in [-0.15, -0.1) is 10.2 Å². The van der Waals surface area contributed by atoms with Crippen LogP contribution in [-0.4, -0.2) is 55.5 Å². The Hall–Kier alpha value is -3.98. The molecule has 0 aliphatic rings. The molecule has 3 aromatic heterocycles. The number of nitriles is 1. The minimum Gasteiger partial charge on any atom is -0.282 e. The number of aromatic amines is 1. The molecule has 1 aromatic carbocycles. The van der Waals surface area contributed by atoms with Crippen molar-refractivity contribution >= 4 is 37.4 Å². The van der Waals surface area contributed by atoms with E-state index in [4.69, 9.17) is 0 Å². The normalized spacial score (nSPS) is 13.0. The van der Waals surface area contributed by atoms with Gasteiger partial charge in [-0.05, 0) is 32.0 Å². The second kappa shape index (κ2) is 8.55. The molecule has 0 atom stereocenters. The van der Waals surface area contributed by atoms with Crippen molar-refractivity contribution in [3.05, 3.63) is 41.0 Å². The molecule has 4 aromatic rings. The predicted molar refractivity (Wildman–Crippen MR) is 128 cm³/mol. The van der Waals surface area contributed by atoms with Crippen molar-refractivity contribution in [1.82, 2.24) is 29.6 Å². The van der Waals surface area contributed by atoms with E-state index < -0.39 is 41.1 Å². The first-order valence-electron chi connectivity index (χ1n) is 10.5. The molecule has 4 rings (SSSR count). The molecule has 0 radical (unpaired) electrons. The van der Waals surface area contributed by atoms with Crippen LogP contribution in [0, 0.1) is 25.2 Å². The van der Waals surface area contributed by atoms with Gasteiger partial charge in [-0.25, -0.2) is 4.68 Å². The summed E-state index contributed by atoms with van der Waals surface area (Å²) in [4.78, 5) is -1.42. The van der Waals surface area contributed by atoms with E-state index in [9.17, 15) is 31.2 Å². The second-order valence-electron chi connectivity index (χ2n) is 9.07. The summed E-state index contributed by atoms with van der Waals surface area (Å²) in [6, 6.07) is 4.27. The standard InChI is InChI=1S/C20H21N9O6S2/c1-10-13(9-21)18(24-23-16-17(20(3,4)5)27-28-11(2)22-25-19(16)28)29(26-10)14-8-12(36(30,31)32)6-7-15(14)37(33,34)35/h6-8,25H,1-5H3,(H,30,31,32)(H,33,34,35). The third-order valence-electron chi connectivity index (χ3n) is 5.33. The van der Waals surface area contributed by atoms with E-state index >= 15 is 0 Å². The summed E-state index contributed by atoms with van der Waals surface area (Å²) in [5, 5.41) is 33.8. The maximum absolute atomic E-state index is 12.1. The Labute approximate surface area is 211 Å². The van der Waals surface area contributed by atoms with E-state index in [1.165, 1.54) is 11.4 Å². The Morgan fingerprint density at radius 3 is 2.30 bits per heavy atom. The number of azo groups is 1. The summed E-state index contributed by atoms with van der Waals surface area (Å²) in [5.74, 6) is 0.299. The lowest BCUT2D eigenvalue weighted by molar-refractivity contribution is 0.477. The monoisotopic (exact) mass is 547 g/mol. The van der Waals surface area contributed by atoms with E-state index in [2.05, 4.69) is 30.6 Å². The highest BCUT2D eigenvalue weighted by Crippen LogP contribution is 2.37. The molecule has 194 valence electrons. The van der Waals surface area contributed by atoms with Gasteiger partial charge in [0.2, 0.25) is 0 Å². The van der Waals surface area contributed by atoms with Gasteiger partial charge in [0.05, 0.1) is 22.0 Å². The first-order valence-corrected chi connectivity index (χ1v) is 13.4. The fraction of sp³-hybridized carbons (Fsp3) is 0.300. The van der Waals surface area contributed by atoms with Gasteiger partial charge in [0, 0.05) is 5.41 Å². The molecule has 0 spiro atoms. The number of hydrogen-bond acceptors (Lipinski definition) is 10. The SMILES string of the molecule is Cc1nn(-c2cc(S(=O)(=O)O)ccc2S(=O)(=O)O)c(N=Nc2c(C(C)(C)C)nn3c(C)n[nH]c23)c1C#N. The molecule has 3 N–H and O–H groups in total. The van der Waals surface area contributed by atoms with Gasteiger partial charge in [0.25, 0.3) is 20.2 Å². The molecule has 0 amide bonds. The first kappa shape index (κ1) is 26.1. The number of H-pyrrole nitrogens is 1. The molecule has 0 saturated carbocycles. The third kappa shape index (κ3) is 4.62. The molecule has 17 heteroatoms. The van der Waals surface area contributed by atoms with Gasteiger partial charge in [-0.1, -0.05) is 20.8 Å². The van der Waals surface area contributed by atoms with Crippen LogP contribution < -0.4 is 0 Å². The highest BCUT2D eigenvalue weighted by molar-refractivity contribution is 7.86. The maximum atomic E-state index is 12.1. The maximum Gasteiger partial charge on any atom is 0.296 e. The minimum absolute atomic E-state index is 0.0937. The molecule has 0 unspecified atom stereocenters. The van der Waals surface area contributed by atoms with E-state index in [1.54, 1.807) is 6.92 Å². The highest BCUT2D eigenvalue weighted by Gasteiger charge is 2.28. The van der Waals surface area contributed by atoms with Gasteiger partial charge < -0.3 is 0 Å². The lowest BCUT2D eigenvalue weighted by Crippen LogP contribution is -2.12. The van der Waals surface area contributed by atoms with Crippen molar-refractivity contribution < 1.29 is 25.9 Å². The number of fused-ring (bicyclic) bond motifs is 1. The Bertz CT molecular complexity index is 1850. The van der Waals surface area contributed by atoms with Gasteiger partial charge in [-0.3, -0.25) is 14.2 Å². The van der Waals surface area contributed by atoms with Crippen LogP contribution in [0.1, 0.15) is 43.5 Å². The smallest absolute Gasteiger partial charge is 0.282 e. The summed E-state index contributed by atoms with van der Waals surface area (Å²) >= 11 is 0. The van der Waals surface area contributed by atoms with E-state index in [0.29, 0.717) is 22.9 Å². The van der Waals surface area contributed by atoms with Crippen molar-refractivity contribution in [3.8, 4) is 11.8 Å². The highest BCUT2D eigenvalue weighted by atomic mass is 32.2. The topological polar surface area (TPSA) is 221 Å². The van der Waals surface area contributed by atoms with Crippen LogP contribution in [0.15, 0.2) is 38.2 Å². The Morgan fingerprint density at radius 1 is 1.05 bits per heavy atom. The summed E-state index contributed by atoms with van der Waals surface area (Å²) < 4.78 is 69.2. The summed E-state index contributed by atoms with van der Waals surface area (Å²) in [6.07, 6.45) is 0. The lowest BCUT2D eigenvalue weighted by atomic mass is 9.91. The average Bonchev–Trinajstić information content (AvgIpc) is 3.42. The van der Waals surface area contributed by atoms with Crippen molar-refractivity contribution in [3.63, 3.8) is 0 Å². The number of hydrogen-bond donors (Lipinski definition) is 3. The quantitative estimate of drug-likeness (QED) is 0.245. The van der Waals surface area contributed by atoms with Crippen LogP contribution in [-0.2, 0) is 25.7 Å². The van der Waals surface area contributed by atoms with Gasteiger partial charge >= 0.3 is 0 Å². The fourth-order valence-electron chi connectivity index (χ4n) is 3.57. The van der Waals surface area contributed by atoms with Crippen LogP contribution in [0.4, 0.5) is 11.5 Å². The molecular weight excluding hydrogens is 526 g/mol. The van der Waals surface area contributed by atoms with Crippen molar-refractivity contribution in [2.45, 2.75) is 49.8 Å². The molecule has 0 saturated heterocycles. The molecule has 37 heavy (non-hydrogen) atoms. The zero-order chi connectivity index (χ0) is 27.5. The van der Waals surface area contributed by atoms with Crippen LogP contribution in [0.3, 0.4) is 0 Å². The number of rotatable bonds is 5. The van der Waals surface area contributed by atoms with Crippen molar-refractivity contribution in [2.75, 3.05) is 0 Å². The van der Waals surface area contributed by atoms with Gasteiger partial charge in [-0.2, -0.15) is 41.9 Å². The summed E-state index contributed by atoms with van der Waals surface area (Å²) in [6.45, 7) is 8.90. The largest absolute Gasteiger partial charge is 0.296 e. The second-order valence-corrected chi connectivity index (χ2v) is 11.9. The average molecular weight is 548 g/mol. The van der Waals surface area contributed by atoms with Crippen molar-refractivity contribution in [2.24, 2.45) is 10.2 Å². The van der Waals surface area contributed by atoms with E-state index in [0.717, 1.165) is 22.9 Å². The van der Waals surface area contributed by atoms with Gasteiger partial charge in [0.15, 0.2) is 17.2 Å². The number of aromatic nitrogens is 6. The number of benzene rings is 1. The first-order chi connectivity index (χ1) is 17.0. The molecule has 0 aliphatic heterocycles.